The first-order valence-corrected chi connectivity index (χ1v) is 8.02. The summed E-state index contributed by atoms with van der Waals surface area (Å²) < 4.78 is 12.2. The van der Waals surface area contributed by atoms with Crippen LogP contribution in [0.25, 0.3) is 10.9 Å². The largest absolute Gasteiger partial charge is 0.493 e. The zero-order valence-corrected chi connectivity index (χ0v) is 14.6. The maximum absolute atomic E-state index is 12.3. The van der Waals surface area contributed by atoms with Crippen molar-refractivity contribution in [2.45, 2.75) is 20.0 Å². The second-order valence-corrected chi connectivity index (χ2v) is 5.73. The molecule has 130 valence electrons. The third-order valence-electron chi connectivity index (χ3n) is 4.07. The van der Waals surface area contributed by atoms with Gasteiger partial charge in [-0.3, -0.25) is 9.48 Å². The number of carbonyl (C=O) groups excluding carboxylic acids is 1. The van der Waals surface area contributed by atoms with E-state index in [-0.39, 0.29) is 12.5 Å². The summed E-state index contributed by atoms with van der Waals surface area (Å²) in [6.45, 7) is 2.54. The lowest BCUT2D eigenvalue weighted by atomic mass is 10.2. The quantitative estimate of drug-likeness (QED) is 0.750. The molecule has 0 spiro atoms. The van der Waals surface area contributed by atoms with Crippen molar-refractivity contribution in [1.29, 1.82) is 0 Å². The van der Waals surface area contributed by atoms with Gasteiger partial charge in [-0.15, -0.1) is 0 Å². The van der Waals surface area contributed by atoms with Crippen molar-refractivity contribution in [2.24, 2.45) is 0 Å². The van der Waals surface area contributed by atoms with Gasteiger partial charge in [0, 0.05) is 11.9 Å². The highest BCUT2D eigenvalue weighted by Crippen LogP contribution is 2.27. The highest BCUT2D eigenvalue weighted by molar-refractivity contribution is 5.84. The highest BCUT2D eigenvalue weighted by Gasteiger charge is 2.11. The lowest BCUT2D eigenvalue weighted by Gasteiger charge is -2.10. The molecule has 0 aliphatic carbocycles. The van der Waals surface area contributed by atoms with Crippen LogP contribution in [0.4, 0.5) is 0 Å². The van der Waals surface area contributed by atoms with Gasteiger partial charge in [-0.05, 0) is 30.7 Å². The van der Waals surface area contributed by atoms with Gasteiger partial charge in [0.1, 0.15) is 6.54 Å². The zero-order chi connectivity index (χ0) is 17.8. The van der Waals surface area contributed by atoms with Gasteiger partial charge in [-0.1, -0.05) is 24.3 Å². The second kappa shape index (κ2) is 7.25. The maximum Gasteiger partial charge on any atom is 0.242 e. The normalized spacial score (nSPS) is 10.7. The monoisotopic (exact) mass is 339 g/mol. The molecule has 0 bridgehead atoms. The summed E-state index contributed by atoms with van der Waals surface area (Å²) in [5.41, 5.74) is 2.82. The lowest BCUT2D eigenvalue weighted by molar-refractivity contribution is -0.121. The highest BCUT2D eigenvalue weighted by atomic mass is 16.5. The number of nitrogens with zero attached hydrogens (tertiary/aromatic N) is 2. The number of para-hydroxylation sites is 1. The van der Waals surface area contributed by atoms with Crippen molar-refractivity contribution in [3.8, 4) is 11.5 Å². The average Bonchev–Trinajstić information content (AvgIpc) is 2.95. The Kier molecular flexibility index (Phi) is 4.88. The van der Waals surface area contributed by atoms with Gasteiger partial charge in [0.15, 0.2) is 11.5 Å². The van der Waals surface area contributed by atoms with E-state index in [1.807, 2.05) is 49.4 Å². The van der Waals surface area contributed by atoms with Crippen LogP contribution in [0.3, 0.4) is 0 Å². The van der Waals surface area contributed by atoms with E-state index in [1.54, 1.807) is 18.9 Å². The average molecular weight is 339 g/mol. The molecule has 0 atom stereocenters. The molecule has 3 rings (SSSR count). The number of carbonyl (C=O) groups is 1. The smallest absolute Gasteiger partial charge is 0.242 e. The number of nitrogens with one attached hydrogen (secondary N) is 1. The minimum atomic E-state index is -0.0944. The van der Waals surface area contributed by atoms with Crippen LogP contribution in [-0.4, -0.2) is 29.9 Å². The molecule has 25 heavy (non-hydrogen) atoms. The van der Waals surface area contributed by atoms with Crippen LogP contribution in [0, 0.1) is 6.92 Å². The van der Waals surface area contributed by atoms with Crippen LogP contribution in [0.15, 0.2) is 42.5 Å². The predicted molar refractivity (Wildman–Crippen MR) is 95.9 cm³/mol. The number of aryl methyl sites for hydroxylation is 1. The summed E-state index contributed by atoms with van der Waals surface area (Å²) in [6, 6.07) is 13.5. The fraction of sp³-hybridized carbons (Fsp3) is 0.263. The number of aromatic nitrogens is 2. The van der Waals surface area contributed by atoms with Crippen LogP contribution >= 0.6 is 0 Å². The third kappa shape index (κ3) is 3.57. The van der Waals surface area contributed by atoms with Crippen LogP contribution in [0.2, 0.25) is 0 Å². The molecule has 0 radical (unpaired) electrons. The first-order chi connectivity index (χ1) is 12.1. The van der Waals surface area contributed by atoms with Crippen LogP contribution in [0.5, 0.6) is 11.5 Å². The van der Waals surface area contributed by atoms with Gasteiger partial charge in [0.05, 0.1) is 25.4 Å². The Balaban J connectivity index is 1.67. The third-order valence-corrected chi connectivity index (χ3v) is 4.07. The SMILES string of the molecule is COc1ccc(CNC(=O)Cn2nc(C)c3ccccc32)cc1OC. The number of benzene rings is 2. The van der Waals surface area contributed by atoms with Gasteiger partial charge in [-0.2, -0.15) is 5.10 Å². The summed E-state index contributed by atoms with van der Waals surface area (Å²) >= 11 is 0. The number of hydrogen-bond acceptors (Lipinski definition) is 4. The van der Waals surface area contributed by atoms with E-state index in [2.05, 4.69) is 10.4 Å². The molecule has 6 nitrogen and oxygen atoms in total. The Morgan fingerprint density at radius 2 is 1.88 bits per heavy atom. The molecule has 6 heteroatoms. The van der Waals surface area contributed by atoms with Crippen molar-refractivity contribution in [3.63, 3.8) is 0 Å². The lowest BCUT2D eigenvalue weighted by Crippen LogP contribution is -2.27. The van der Waals surface area contributed by atoms with E-state index in [9.17, 15) is 4.79 Å². The topological polar surface area (TPSA) is 65.4 Å². The van der Waals surface area contributed by atoms with Crippen LogP contribution in [-0.2, 0) is 17.9 Å². The van der Waals surface area contributed by atoms with Crippen molar-refractivity contribution in [3.05, 3.63) is 53.7 Å². The van der Waals surface area contributed by atoms with E-state index in [0.29, 0.717) is 18.0 Å². The first kappa shape index (κ1) is 16.8. The predicted octanol–water partition coefficient (Wildman–Crippen LogP) is 2.68. The number of ether oxygens (including phenoxy) is 2. The van der Waals surface area contributed by atoms with Gasteiger partial charge in [0.2, 0.25) is 5.91 Å². The summed E-state index contributed by atoms with van der Waals surface area (Å²) in [5.74, 6) is 1.21. The summed E-state index contributed by atoms with van der Waals surface area (Å²) in [7, 11) is 3.18. The minimum Gasteiger partial charge on any atom is -0.493 e. The molecule has 0 saturated carbocycles. The molecule has 1 N–H and O–H groups in total. The van der Waals surface area contributed by atoms with E-state index < -0.39 is 0 Å². The molecule has 0 aliphatic heterocycles. The first-order valence-electron chi connectivity index (χ1n) is 8.02. The summed E-state index contributed by atoms with van der Waals surface area (Å²) in [6.07, 6.45) is 0. The molecule has 0 fully saturated rings. The Bertz CT molecular complexity index is 902. The van der Waals surface area contributed by atoms with Crippen LogP contribution < -0.4 is 14.8 Å². The molecule has 1 aromatic heterocycles. The molecule has 1 amide bonds. The molecular weight excluding hydrogens is 318 g/mol. The fourth-order valence-electron chi connectivity index (χ4n) is 2.80. The Morgan fingerprint density at radius 1 is 1.12 bits per heavy atom. The molecule has 0 saturated heterocycles. The number of amides is 1. The standard InChI is InChI=1S/C19H21N3O3/c1-13-15-6-4-5-7-16(15)22(21-13)12-19(23)20-11-14-8-9-17(24-2)18(10-14)25-3/h4-10H,11-12H2,1-3H3,(H,20,23). The minimum absolute atomic E-state index is 0.0944. The van der Waals surface area contributed by atoms with Gasteiger partial charge < -0.3 is 14.8 Å². The molecule has 2 aromatic carbocycles. The van der Waals surface area contributed by atoms with E-state index in [4.69, 9.17) is 9.47 Å². The summed E-state index contributed by atoms with van der Waals surface area (Å²) in [4.78, 5) is 12.3. The van der Waals surface area contributed by atoms with Crippen molar-refractivity contribution in [1.82, 2.24) is 15.1 Å². The molecule has 3 aromatic rings. The zero-order valence-electron chi connectivity index (χ0n) is 14.6. The number of methoxy groups -OCH3 is 2. The van der Waals surface area contributed by atoms with Crippen molar-refractivity contribution in [2.75, 3.05) is 14.2 Å². The van der Waals surface area contributed by atoms with Crippen LogP contribution in [0.1, 0.15) is 11.3 Å². The molecule has 0 aliphatic rings. The van der Waals surface area contributed by atoms with E-state index in [0.717, 1.165) is 22.2 Å². The Morgan fingerprint density at radius 3 is 2.64 bits per heavy atom. The van der Waals surface area contributed by atoms with E-state index in [1.165, 1.54) is 0 Å². The number of fused-ring (bicyclic) bond motifs is 1. The van der Waals surface area contributed by atoms with Gasteiger partial charge in [0.25, 0.3) is 0 Å². The van der Waals surface area contributed by atoms with Gasteiger partial charge >= 0.3 is 0 Å². The van der Waals surface area contributed by atoms with Gasteiger partial charge in [-0.25, -0.2) is 0 Å². The van der Waals surface area contributed by atoms with E-state index >= 15 is 0 Å². The fourth-order valence-corrected chi connectivity index (χ4v) is 2.80. The molecular formula is C19H21N3O3. The number of hydrogen-bond donors (Lipinski definition) is 1. The second-order valence-electron chi connectivity index (χ2n) is 5.73. The summed E-state index contributed by atoms with van der Waals surface area (Å²) in [5, 5.41) is 8.43. The van der Waals surface area contributed by atoms with Crippen molar-refractivity contribution < 1.29 is 14.3 Å². The molecule has 0 unspecified atom stereocenters. The number of rotatable bonds is 6. The maximum atomic E-state index is 12.3. The Hall–Kier alpha value is -3.02. The Labute approximate surface area is 146 Å². The van der Waals surface area contributed by atoms with Crippen molar-refractivity contribution >= 4 is 16.8 Å². The molecule has 1 heterocycles.